The number of rotatable bonds is 4. The topological polar surface area (TPSA) is 53.6 Å². The normalized spacial score (nSPS) is 18.7. The molecule has 1 aromatic carbocycles. The molecule has 0 bridgehead atoms. The number of carbonyl (C=O) groups excluding carboxylic acids is 1. The maximum absolute atomic E-state index is 14.3. The first-order chi connectivity index (χ1) is 10.1. The lowest BCUT2D eigenvalue weighted by Gasteiger charge is -2.36. The zero-order chi connectivity index (χ0) is 15.4. The molecule has 1 saturated heterocycles. The average molecular weight is 299 g/mol. The first kappa shape index (κ1) is 15.7. The molecule has 0 spiro atoms. The van der Waals surface area contributed by atoms with E-state index in [1.807, 2.05) is 0 Å². The summed E-state index contributed by atoms with van der Waals surface area (Å²) in [4.78, 5) is 13.3. The van der Waals surface area contributed by atoms with Gasteiger partial charge in [-0.25, -0.2) is 8.78 Å². The van der Waals surface area contributed by atoms with Gasteiger partial charge in [0, 0.05) is 20.1 Å². The van der Waals surface area contributed by atoms with Crippen molar-refractivity contribution in [3.05, 3.63) is 29.3 Å². The number of nitrogens with one attached hydrogen (secondary N) is 2. The lowest BCUT2D eigenvalue weighted by atomic mass is 10.1. The van der Waals surface area contributed by atoms with Gasteiger partial charge >= 0.3 is 0 Å². The number of amides is 1. The third kappa shape index (κ3) is 3.30. The van der Waals surface area contributed by atoms with Crippen LogP contribution in [0.3, 0.4) is 0 Å². The number of anilines is 1. The van der Waals surface area contributed by atoms with Gasteiger partial charge in [0.25, 0.3) is 0 Å². The summed E-state index contributed by atoms with van der Waals surface area (Å²) in [6.45, 7) is 1.06. The molecule has 1 aliphatic heterocycles. The van der Waals surface area contributed by atoms with Gasteiger partial charge in [-0.3, -0.25) is 4.79 Å². The Hall–Kier alpha value is -1.73. The molecule has 1 heterocycles. The summed E-state index contributed by atoms with van der Waals surface area (Å²) in [5, 5.41) is 5.33. The van der Waals surface area contributed by atoms with Crippen molar-refractivity contribution in [1.82, 2.24) is 10.6 Å². The van der Waals surface area contributed by atoms with Crippen LogP contribution in [0.15, 0.2) is 12.1 Å². The lowest BCUT2D eigenvalue weighted by molar-refractivity contribution is -0.124. The highest BCUT2D eigenvalue weighted by atomic mass is 19.1. The summed E-state index contributed by atoms with van der Waals surface area (Å²) in [5.41, 5.74) is 0.341. The minimum Gasteiger partial charge on any atom is -0.377 e. The van der Waals surface area contributed by atoms with Gasteiger partial charge in [-0.15, -0.1) is 0 Å². The Kier molecular flexibility index (Phi) is 5.08. The second-order valence-corrected chi connectivity index (χ2v) is 4.84. The molecule has 1 aromatic rings. The van der Waals surface area contributed by atoms with Crippen LogP contribution in [0.2, 0.25) is 0 Å². The van der Waals surface area contributed by atoms with Crippen LogP contribution in [-0.2, 0) is 16.1 Å². The molecule has 1 fully saturated rings. The summed E-state index contributed by atoms with van der Waals surface area (Å²) in [6, 6.07) is 1.83. The van der Waals surface area contributed by atoms with Crippen LogP contribution in [0, 0.1) is 11.6 Å². The quantitative estimate of drug-likeness (QED) is 0.856. The van der Waals surface area contributed by atoms with E-state index in [0.29, 0.717) is 18.7 Å². The number of hydrogen-bond acceptors (Lipinski definition) is 4. The molecule has 1 atom stereocenters. The summed E-state index contributed by atoms with van der Waals surface area (Å²) < 4.78 is 33.8. The van der Waals surface area contributed by atoms with E-state index in [4.69, 9.17) is 4.74 Å². The molecule has 0 aliphatic carbocycles. The van der Waals surface area contributed by atoms with E-state index in [2.05, 4.69) is 10.6 Å². The summed E-state index contributed by atoms with van der Waals surface area (Å²) >= 11 is 0. The van der Waals surface area contributed by atoms with Crippen LogP contribution in [0.5, 0.6) is 0 Å². The molecular weight excluding hydrogens is 280 g/mol. The number of ether oxygens (including phenoxy) is 1. The van der Waals surface area contributed by atoms with Crippen LogP contribution >= 0.6 is 0 Å². The summed E-state index contributed by atoms with van der Waals surface area (Å²) in [5.74, 6) is -1.67. The van der Waals surface area contributed by atoms with E-state index < -0.39 is 17.7 Å². The molecule has 2 N–H and O–H groups in total. The Bertz CT molecular complexity index is 502. The highest BCUT2D eigenvalue weighted by Crippen LogP contribution is 2.28. The van der Waals surface area contributed by atoms with Crippen LogP contribution < -0.4 is 15.5 Å². The first-order valence-electron chi connectivity index (χ1n) is 6.77. The Morgan fingerprint density at radius 1 is 1.38 bits per heavy atom. The minimum absolute atomic E-state index is 0.108. The second-order valence-electron chi connectivity index (χ2n) is 4.84. The summed E-state index contributed by atoms with van der Waals surface area (Å²) in [6.07, 6.45) is 0. The predicted molar refractivity (Wildman–Crippen MR) is 75.1 cm³/mol. The molecule has 1 amide bonds. The van der Waals surface area contributed by atoms with Gasteiger partial charge in [-0.05, 0) is 24.7 Å². The third-order valence-electron chi connectivity index (χ3n) is 3.42. The first-order valence-corrected chi connectivity index (χ1v) is 6.77. The zero-order valence-corrected chi connectivity index (χ0v) is 12.1. The molecule has 21 heavy (non-hydrogen) atoms. The van der Waals surface area contributed by atoms with E-state index in [1.165, 1.54) is 24.1 Å². The number of likely N-dealkylation sites (N-methyl/N-ethyl adjacent to an activating group) is 1. The zero-order valence-electron chi connectivity index (χ0n) is 12.1. The minimum atomic E-state index is -0.733. The Morgan fingerprint density at radius 3 is 2.62 bits per heavy atom. The van der Waals surface area contributed by atoms with Crippen molar-refractivity contribution in [3.8, 4) is 0 Å². The van der Waals surface area contributed by atoms with E-state index in [1.54, 1.807) is 7.05 Å². The number of nitrogens with zero attached hydrogens (tertiary/aromatic N) is 1. The van der Waals surface area contributed by atoms with Crippen LogP contribution in [0.1, 0.15) is 5.56 Å². The monoisotopic (exact) mass is 299 g/mol. The maximum Gasteiger partial charge on any atom is 0.244 e. The van der Waals surface area contributed by atoms with Crippen molar-refractivity contribution >= 4 is 11.6 Å². The van der Waals surface area contributed by atoms with Gasteiger partial charge in [-0.2, -0.15) is 0 Å². The van der Waals surface area contributed by atoms with E-state index in [0.717, 1.165) is 0 Å². The fraction of sp³-hybridized carbons (Fsp3) is 0.500. The average Bonchev–Trinajstić information content (AvgIpc) is 2.46. The number of benzene rings is 1. The lowest BCUT2D eigenvalue weighted by Crippen LogP contribution is -2.54. The third-order valence-corrected chi connectivity index (χ3v) is 3.42. The predicted octanol–water partition coefficient (Wildman–Crippen LogP) is 0.635. The summed E-state index contributed by atoms with van der Waals surface area (Å²) in [7, 11) is 3.19. The highest BCUT2D eigenvalue weighted by molar-refractivity contribution is 5.85. The van der Waals surface area contributed by atoms with Gasteiger partial charge in [0.15, 0.2) is 0 Å². The molecular formula is C14H19F2N3O2. The van der Waals surface area contributed by atoms with Crippen LogP contribution in [-0.4, -0.2) is 45.8 Å². The van der Waals surface area contributed by atoms with Crippen LogP contribution in [0.25, 0.3) is 0 Å². The number of carbonyl (C=O) groups is 1. The number of halogens is 2. The number of morpholine rings is 1. The number of hydrogen-bond donors (Lipinski definition) is 2. The van der Waals surface area contributed by atoms with Crippen molar-refractivity contribution in [3.63, 3.8) is 0 Å². The smallest absolute Gasteiger partial charge is 0.244 e. The Morgan fingerprint density at radius 2 is 2.05 bits per heavy atom. The molecule has 0 aromatic heterocycles. The van der Waals surface area contributed by atoms with E-state index in [9.17, 15) is 13.6 Å². The molecule has 0 saturated carbocycles. The molecule has 0 radical (unpaired) electrons. The van der Waals surface area contributed by atoms with Gasteiger partial charge in [0.1, 0.15) is 23.4 Å². The van der Waals surface area contributed by atoms with E-state index >= 15 is 0 Å². The molecule has 5 nitrogen and oxygen atoms in total. The fourth-order valence-corrected chi connectivity index (χ4v) is 2.45. The standard InChI is InChI=1S/C14H19F2N3O2/c1-17-7-9-5-10(15)13(11(16)6-9)19-3-4-21-8-12(19)14(20)18-2/h5-6,12,17H,3-4,7-8H2,1-2H3,(H,18,20). The van der Waals surface area contributed by atoms with Crippen molar-refractivity contribution in [2.24, 2.45) is 0 Å². The van der Waals surface area contributed by atoms with Crippen molar-refractivity contribution in [2.45, 2.75) is 12.6 Å². The molecule has 7 heteroatoms. The van der Waals surface area contributed by atoms with Crippen molar-refractivity contribution in [1.29, 1.82) is 0 Å². The van der Waals surface area contributed by atoms with Gasteiger partial charge in [-0.1, -0.05) is 0 Å². The Balaban J connectivity index is 2.36. The fourth-order valence-electron chi connectivity index (χ4n) is 2.45. The van der Waals surface area contributed by atoms with Crippen molar-refractivity contribution in [2.75, 3.05) is 38.8 Å². The largest absolute Gasteiger partial charge is 0.377 e. The second kappa shape index (κ2) is 6.82. The van der Waals surface area contributed by atoms with Crippen LogP contribution in [0.4, 0.5) is 14.5 Å². The van der Waals surface area contributed by atoms with Gasteiger partial charge in [0.05, 0.1) is 13.2 Å². The maximum atomic E-state index is 14.3. The molecule has 2 rings (SSSR count). The van der Waals surface area contributed by atoms with Gasteiger partial charge in [0.2, 0.25) is 5.91 Å². The van der Waals surface area contributed by atoms with Gasteiger partial charge < -0.3 is 20.3 Å². The van der Waals surface area contributed by atoms with Crippen molar-refractivity contribution < 1.29 is 18.3 Å². The Labute approximate surface area is 122 Å². The molecule has 1 unspecified atom stereocenters. The highest BCUT2D eigenvalue weighted by Gasteiger charge is 2.32. The molecule has 116 valence electrons. The SMILES string of the molecule is CNCc1cc(F)c(N2CCOCC2C(=O)NC)c(F)c1. The van der Waals surface area contributed by atoms with E-state index in [-0.39, 0.29) is 24.7 Å². The molecule has 1 aliphatic rings.